The molecule has 0 bridgehead atoms. The van der Waals surface area contributed by atoms with E-state index in [2.05, 4.69) is 11.0 Å². The van der Waals surface area contributed by atoms with Crippen molar-refractivity contribution in [3.63, 3.8) is 0 Å². The van der Waals surface area contributed by atoms with Gasteiger partial charge in [0, 0.05) is 12.6 Å². The van der Waals surface area contributed by atoms with Gasteiger partial charge >= 0.3 is 5.97 Å². The zero-order valence-corrected chi connectivity index (χ0v) is 10.3. The summed E-state index contributed by atoms with van der Waals surface area (Å²) in [6, 6.07) is 5.24. The summed E-state index contributed by atoms with van der Waals surface area (Å²) in [6.07, 6.45) is -0.226. The van der Waals surface area contributed by atoms with Gasteiger partial charge in [-0.2, -0.15) is 0 Å². The highest BCUT2D eigenvalue weighted by molar-refractivity contribution is 6.06. The van der Waals surface area contributed by atoms with Gasteiger partial charge in [0.05, 0.1) is 18.0 Å². The zero-order valence-electron chi connectivity index (χ0n) is 10.3. The van der Waals surface area contributed by atoms with E-state index in [9.17, 15) is 9.59 Å². The summed E-state index contributed by atoms with van der Waals surface area (Å²) in [5, 5.41) is 1.80. The molecule has 1 aliphatic heterocycles. The fraction of sp³-hybridized carbons (Fsp3) is 0.333. The Balaban J connectivity index is 2.10. The Morgan fingerprint density at radius 2 is 2.17 bits per heavy atom. The lowest BCUT2D eigenvalue weighted by atomic mass is 10.1. The number of anilines is 2. The molecule has 1 aromatic rings. The van der Waals surface area contributed by atoms with Crippen LogP contribution < -0.4 is 16.0 Å². The number of fused-ring (bicyclic) bond motifs is 1. The number of hydrogen-bond donors (Lipinski definition) is 2. The quantitative estimate of drug-likeness (QED) is 0.473. The highest BCUT2D eigenvalue weighted by atomic mass is 16.5. The van der Waals surface area contributed by atoms with E-state index in [0.717, 1.165) is 11.4 Å². The molecule has 0 aromatic heterocycles. The summed E-state index contributed by atoms with van der Waals surface area (Å²) in [4.78, 5) is 23.1. The van der Waals surface area contributed by atoms with Gasteiger partial charge in [0.15, 0.2) is 5.78 Å². The van der Waals surface area contributed by atoms with Gasteiger partial charge in [0.25, 0.3) is 0 Å². The molecule has 6 nitrogen and oxygen atoms in total. The van der Waals surface area contributed by atoms with Gasteiger partial charge in [-0.05, 0) is 25.1 Å². The predicted octanol–water partition coefficient (Wildman–Crippen LogP) is 1.10. The van der Waals surface area contributed by atoms with Crippen molar-refractivity contribution in [3.05, 3.63) is 23.8 Å². The SMILES string of the molecule is CCOC(=O)CC(=O)c1ccc2c(c1)NNN2C. The summed E-state index contributed by atoms with van der Waals surface area (Å²) >= 11 is 0. The van der Waals surface area contributed by atoms with Gasteiger partial charge in [-0.25, -0.2) is 0 Å². The molecule has 0 unspecified atom stereocenters. The van der Waals surface area contributed by atoms with Crippen molar-refractivity contribution in [2.75, 3.05) is 24.1 Å². The minimum atomic E-state index is -0.494. The molecule has 18 heavy (non-hydrogen) atoms. The third kappa shape index (κ3) is 2.43. The Bertz CT molecular complexity index is 487. The van der Waals surface area contributed by atoms with Crippen LogP contribution in [0.3, 0.4) is 0 Å². The first-order chi connectivity index (χ1) is 8.61. The minimum Gasteiger partial charge on any atom is -0.466 e. The number of benzene rings is 1. The molecule has 1 aliphatic rings. The molecule has 96 valence electrons. The summed E-state index contributed by atoms with van der Waals surface area (Å²) in [7, 11) is 1.86. The topological polar surface area (TPSA) is 70.7 Å². The molecule has 2 N–H and O–H groups in total. The van der Waals surface area contributed by atoms with E-state index in [1.165, 1.54) is 0 Å². The van der Waals surface area contributed by atoms with Crippen molar-refractivity contribution in [1.82, 2.24) is 5.53 Å². The second-order valence-corrected chi connectivity index (χ2v) is 3.93. The first-order valence-corrected chi connectivity index (χ1v) is 5.70. The smallest absolute Gasteiger partial charge is 0.313 e. The minimum absolute atomic E-state index is 0.226. The Kier molecular flexibility index (Phi) is 3.47. The van der Waals surface area contributed by atoms with Crippen LogP contribution in [0.5, 0.6) is 0 Å². The highest BCUT2D eigenvalue weighted by Crippen LogP contribution is 2.28. The third-order valence-corrected chi connectivity index (χ3v) is 2.65. The predicted molar refractivity (Wildman–Crippen MR) is 67.2 cm³/mol. The van der Waals surface area contributed by atoms with Crippen molar-refractivity contribution in [2.24, 2.45) is 0 Å². The Morgan fingerprint density at radius 1 is 1.39 bits per heavy atom. The van der Waals surface area contributed by atoms with E-state index in [1.54, 1.807) is 24.1 Å². The number of esters is 1. The Hall–Kier alpha value is -2.08. The molecular formula is C12H15N3O3. The maximum absolute atomic E-state index is 11.8. The number of carbonyl (C=O) groups excluding carboxylic acids is 2. The van der Waals surface area contributed by atoms with E-state index < -0.39 is 5.97 Å². The number of hydrogen-bond acceptors (Lipinski definition) is 6. The van der Waals surface area contributed by atoms with Crippen molar-refractivity contribution in [2.45, 2.75) is 13.3 Å². The van der Waals surface area contributed by atoms with Crippen LogP contribution in [0.25, 0.3) is 0 Å². The average Bonchev–Trinajstić information content (AvgIpc) is 2.71. The summed E-state index contributed by atoms with van der Waals surface area (Å²) < 4.78 is 4.75. The van der Waals surface area contributed by atoms with Crippen LogP contribution in [0, 0.1) is 0 Å². The maximum atomic E-state index is 11.8. The highest BCUT2D eigenvalue weighted by Gasteiger charge is 2.18. The normalized spacial score (nSPS) is 12.9. The van der Waals surface area contributed by atoms with E-state index in [-0.39, 0.29) is 18.8 Å². The van der Waals surface area contributed by atoms with Gasteiger partial charge in [0.1, 0.15) is 6.42 Å². The molecule has 0 radical (unpaired) electrons. The lowest BCUT2D eigenvalue weighted by Crippen LogP contribution is -2.31. The maximum Gasteiger partial charge on any atom is 0.313 e. The molecule has 6 heteroatoms. The lowest BCUT2D eigenvalue weighted by molar-refractivity contribution is -0.141. The van der Waals surface area contributed by atoms with E-state index >= 15 is 0 Å². The molecule has 0 atom stereocenters. The van der Waals surface area contributed by atoms with Gasteiger partial charge < -0.3 is 10.2 Å². The molecule has 0 amide bonds. The van der Waals surface area contributed by atoms with E-state index in [0.29, 0.717) is 5.56 Å². The first-order valence-electron chi connectivity index (χ1n) is 5.70. The summed E-state index contributed by atoms with van der Waals surface area (Å²) in [5.41, 5.74) is 8.07. The summed E-state index contributed by atoms with van der Waals surface area (Å²) in [5.74, 6) is -0.737. The molecular weight excluding hydrogens is 234 g/mol. The molecule has 0 spiro atoms. The van der Waals surface area contributed by atoms with Crippen LogP contribution in [0.15, 0.2) is 18.2 Å². The largest absolute Gasteiger partial charge is 0.466 e. The standard InChI is InChI=1S/C12H15N3O3/c1-3-18-12(17)7-11(16)8-4-5-10-9(6-8)13-14-15(10)2/h4-6,13-14H,3,7H2,1-2H3. The van der Waals surface area contributed by atoms with Crippen LogP contribution in [-0.2, 0) is 9.53 Å². The molecule has 0 saturated carbocycles. The van der Waals surface area contributed by atoms with Gasteiger partial charge in [-0.3, -0.25) is 14.6 Å². The molecule has 2 rings (SSSR count). The van der Waals surface area contributed by atoms with Crippen LogP contribution in [0.4, 0.5) is 11.4 Å². The third-order valence-electron chi connectivity index (χ3n) is 2.65. The van der Waals surface area contributed by atoms with Crippen LogP contribution in [0.1, 0.15) is 23.7 Å². The second kappa shape index (κ2) is 5.05. The van der Waals surface area contributed by atoms with E-state index in [1.807, 2.05) is 13.1 Å². The van der Waals surface area contributed by atoms with Crippen molar-refractivity contribution < 1.29 is 14.3 Å². The Morgan fingerprint density at radius 3 is 2.89 bits per heavy atom. The van der Waals surface area contributed by atoms with Crippen molar-refractivity contribution >= 4 is 23.1 Å². The van der Waals surface area contributed by atoms with Crippen LogP contribution in [-0.4, -0.2) is 25.4 Å². The van der Waals surface area contributed by atoms with Crippen molar-refractivity contribution in [3.8, 4) is 0 Å². The Labute approximate surface area is 105 Å². The van der Waals surface area contributed by atoms with Gasteiger partial charge in [-0.15, -0.1) is 5.53 Å². The first kappa shape index (κ1) is 12.4. The monoisotopic (exact) mass is 249 g/mol. The number of nitrogens with one attached hydrogen (secondary N) is 2. The number of ketones is 1. The van der Waals surface area contributed by atoms with E-state index in [4.69, 9.17) is 4.74 Å². The fourth-order valence-corrected chi connectivity index (χ4v) is 1.75. The number of Topliss-reactive ketones (excluding diaryl/α,β-unsaturated/α-hetero) is 1. The molecule has 0 aliphatic carbocycles. The van der Waals surface area contributed by atoms with Crippen LogP contribution in [0.2, 0.25) is 0 Å². The molecule has 1 aromatic carbocycles. The van der Waals surface area contributed by atoms with Gasteiger partial charge in [0.2, 0.25) is 0 Å². The zero-order chi connectivity index (χ0) is 13.1. The number of ether oxygens (including phenoxy) is 1. The second-order valence-electron chi connectivity index (χ2n) is 3.93. The number of nitrogens with zero attached hydrogens (tertiary/aromatic N) is 1. The molecule has 1 heterocycles. The lowest BCUT2D eigenvalue weighted by Gasteiger charge is -2.09. The van der Waals surface area contributed by atoms with Crippen molar-refractivity contribution in [1.29, 1.82) is 0 Å². The van der Waals surface area contributed by atoms with Crippen LogP contribution >= 0.6 is 0 Å². The molecule has 0 fully saturated rings. The number of rotatable bonds is 4. The fourth-order valence-electron chi connectivity index (χ4n) is 1.75. The number of hydrazine groups is 2. The average molecular weight is 249 g/mol. The van der Waals surface area contributed by atoms with Gasteiger partial charge in [-0.1, -0.05) is 0 Å². The molecule has 0 saturated heterocycles. The number of carbonyl (C=O) groups is 2. The summed E-state index contributed by atoms with van der Waals surface area (Å²) in [6.45, 7) is 2.00.